The van der Waals surface area contributed by atoms with Crippen LogP contribution in [0.15, 0.2) is 24.3 Å². The van der Waals surface area contributed by atoms with Crippen LogP contribution in [0, 0.1) is 5.92 Å². The van der Waals surface area contributed by atoms with Crippen molar-refractivity contribution in [1.82, 2.24) is 0 Å². The number of unbranched alkanes of at least 4 members (excludes halogenated alkanes) is 30. The third kappa shape index (κ3) is 25.3. The van der Waals surface area contributed by atoms with Crippen LogP contribution >= 0.6 is 0 Å². The maximum Gasteiger partial charge on any atom is 0.0405 e. The maximum absolute atomic E-state index is 6.99. The average Bonchev–Trinajstić information content (AvgIpc) is 3.01. The smallest absolute Gasteiger partial charge is 0.0405 e. The Labute approximate surface area is 273 Å². The van der Waals surface area contributed by atoms with Crippen molar-refractivity contribution in [1.29, 1.82) is 0 Å². The fourth-order valence-electron chi connectivity index (χ4n) is 7.26. The molecule has 1 heteroatoms. The standard InChI is InChI=1S/C42H81N/c1-3-5-7-9-11-13-15-17-19-21-23-25-27-29-31-33-37-41-38-34-36-40-42(41,43)39-35-32-30-28-26-24-22-20-18-16-14-12-10-8-6-4-2/h34,36,38,40-41H,3-33,35,37,39,43H2,1-2H3. The molecule has 0 aliphatic heterocycles. The van der Waals surface area contributed by atoms with Crippen LogP contribution in [0.25, 0.3) is 0 Å². The number of allylic oxidation sites excluding steroid dienone is 2. The highest BCUT2D eigenvalue weighted by Crippen LogP contribution is 2.32. The van der Waals surface area contributed by atoms with Crippen molar-refractivity contribution in [2.75, 3.05) is 0 Å². The molecule has 2 atom stereocenters. The van der Waals surface area contributed by atoms with Crippen LogP contribution in [0.1, 0.15) is 232 Å². The lowest BCUT2D eigenvalue weighted by molar-refractivity contribution is 0.325. The van der Waals surface area contributed by atoms with E-state index < -0.39 is 0 Å². The van der Waals surface area contributed by atoms with Crippen LogP contribution in [-0.2, 0) is 0 Å². The molecule has 1 aliphatic rings. The van der Waals surface area contributed by atoms with Gasteiger partial charge in [-0.25, -0.2) is 0 Å². The van der Waals surface area contributed by atoms with Gasteiger partial charge < -0.3 is 5.73 Å². The first-order valence-corrected chi connectivity index (χ1v) is 20.4. The Bertz CT molecular complexity index is 606. The molecular weight excluding hydrogens is 518 g/mol. The summed E-state index contributed by atoms with van der Waals surface area (Å²) in [5, 5.41) is 0. The fraction of sp³-hybridized carbons (Fsp3) is 0.905. The molecule has 0 saturated carbocycles. The van der Waals surface area contributed by atoms with E-state index in [4.69, 9.17) is 5.73 Å². The zero-order valence-corrected chi connectivity index (χ0v) is 30.0. The number of nitrogens with two attached hydrogens (primary N) is 1. The second-order valence-corrected chi connectivity index (χ2v) is 14.6. The summed E-state index contributed by atoms with van der Waals surface area (Å²) in [5.41, 5.74) is 6.90. The van der Waals surface area contributed by atoms with Crippen LogP contribution < -0.4 is 5.73 Å². The monoisotopic (exact) mass is 600 g/mol. The molecule has 254 valence electrons. The van der Waals surface area contributed by atoms with Gasteiger partial charge in [0.1, 0.15) is 0 Å². The minimum atomic E-state index is -0.0970. The number of rotatable bonds is 34. The molecule has 0 aromatic heterocycles. The third-order valence-corrected chi connectivity index (χ3v) is 10.4. The van der Waals surface area contributed by atoms with E-state index >= 15 is 0 Å². The summed E-state index contributed by atoms with van der Waals surface area (Å²) in [4.78, 5) is 0. The van der Waals surface area contributed by atoms with Crippen molar-refractivity contribution in [2.24, 2.45) is 11.7 Å². The van der Waals surface area contributed by atoms with Gasteiger partial charge in [0, 0.05) is 5.54 Å². The summed E-state index contributed by atoms with van der Waals surface area (Å²) in [6.07, 6.45) is 57.5. The van der Waals surface area contributed by atoms with Gasteiger partial charge in [-0.3, -0.25) is 0 Å². The van der Waals surface area contributed by atoms with E-state index in [1.165, 1.54) is 212 Å². The van der Waals surface area contributed by atoms with E-state index in [2.05, 4.69) is 38.2 Å². The SMILES string of the molecule is CCCCCCCCCCCCCCCCCCC1C=CC=CC1(N)CCCCCCCCCCCCCCCCCC. The van der Waals surface area contributed by atoms with Crippen LogP contribution in [0.2, 0.25) is 0 Å². The summed E-state index contributed by atoms with van der Waals surface area (Å²) in [6, 6.07) is 0. The molecule has 0 bridgehead atoms. The summed E-state index contributed by atoms with van der Waals surface area (Å²) in [5.74, 6) is 0.542. The van der Waals surface area contributed by atoms with Crippen LogP contribution in [0.3, 0.4) is 0 Å². The quantitative estimate of drug-likeness (QED) is 0.0731. The first kappa shape index (κ1) is 40.5. The molecule has 1 nitrogen and oxygen atoms in total. The molecule has 0 saturated heterocycles. The molecule has 0 spiro atoms. The Kier molecular flexibility index (Phi) is 29.6. The highest BCUT2D eigenvalue weighted by Gasteiger charge is 2.30. The van der Waals surface area contributed by atoms with Crippen molar-refractivity contribution < 1.29 is 0 Å². The predicted molar refractivity (Wildman–Crippen MR) is 197 cm³/mol. The van der Waals surface area contributed by atoms with Crippen molar-refractivity contribution >= 4 is 0 Å². The molecule has 0 aromatic carbocycles. The van der Waals surface area contributed by atoms with E-state index in [-0.39, 0.29) is 5.54 Å². The first-order valence-electron chi connectivity index (χ1n) is 20.4. The summed E-state index contributed by atoms with van der Waals surface area (Å²) in [7, 11) is 0. The zero-order chi connectivity index (χ0) is 30.9. The molecule has 0 amide bonds. The van der Waals surface area contributed by atoms with E-state index in [9.17, 15) is 0 Å². The van der Waals surface area contributed by atoms with Crippen molar-refractivity contribution in [3.8, 4) is 0 Å². The maximum atomic E-state index is 6.99. The number of hydrogen-bond acceptors (Lipinski definition) is 1. The molecule has 43 heavy (non-hydrogen) atoms. The fourth-order valence-corrected chi connectivity index (χ4v) is 7.26. The van der Waals surface area contributed by atoms with Gasteiger partial charge >= 0.3 is 0 Å². The van der Waals surface area contributed by atoms with E-state index in [1.807, 2.05) is 0 Å². The van der Waals surface area contributed by atoms with E-state index in [0.29, 0.717) is 5.92 Å². The van der Waals surface area contributed by atoms with Gasteiger partial charge in [0.2, 0.25) is 0 Å². The lowest BCUT2D eigenvalue weighted by atomic mass is 9.75. The molecule has 0 fully saturated rings. The highest BCUT2D eigenvalue weighted by molar-refractivity contribution is 5.23. The van der Waals surface area contributed by atoms with Gasteiger partial charge in [-0.2, -0.15) is 0 Å². The normalized spacial score (nSPS) is 18.2. The Morgan fingerprint density at radius 2 is 0.698 bits per heavy atom. The second-order valence-electron chi connectivity index (χ2n) is 14.6. The average molecular weight is 600 g/mol. The summed E-state index contributed by atoms with van der Waals surface area (Å²) in [6.45, 7) is 4.61. The topological polar surface area (TPSA) is 26.0 Å². The second kappa shape index (κ2) is 31.4. The first-order chi connectivity index (χ1) is 21.2. The molecule has 0 radical (unpaired) electrons. The minimum Gasteiger partial charge on any atom is -0.321 e. The third-order valence-electron chi connectivity index (χ3n) is 10.4. The predicted octanol–water partition coefficient (Wildman–Crippen LogP) is 14.7. The van der Waals surface area contributed by atoms with Gasteiger partial charge in [0.25, 0.3) is 0 Å². The lowest BCUT2D eigenvalue weighted by Crippen LogP contribution is -2.45. The van der Waals surface area contributed by atoms with Gasteiger partial charge in [0.05, 0.1) is 0 Å². The molecule has 2 unspecified atom stereocenters. The summed E-state index contributed by atoms with van der Waals surface area (Å²) < 4.78 is 0. The van der Waals surface area contributed by atoms with Crippen molar-refractivity contribution in [2.45, 2.75) is 238 Å². The Balaban J connectivity index is 1.92. The van der Waals surface area contributed by atoms with Crippen LogP contribution in [0.4, 0.5) is 0 Å². The van der Waals surface area contributed by atoms with Crippen LogP contribution in [-0.4, -0.2) is 5.54 Å². The Morgan fingerprint density at radius 1 is 0.395 bits per heavy atom. The largest absolute Gasteiger partial charge is 0.321 e. The molecule has 1 aliphatic carbocycles. The molecule has 0 heterocycles. The molecule has 2 N–H and O–H groups in total. The Hall–Kier alpha value is -0.560. The van der Waals surface area contributed by atoms with Gasteiger partial charge in [-0.05, 0) is 18.8 Å². The molecule has 1 rings (SSSR count). The zero-order valence-electron chi connectivity index (χ0n) is 30.0. The lowest BCUT2D eigenvalue weighted by Gasteiger charge is -2.35. The highest BCUT2D eigenvalue weighted by atomic mass is 14.7. The molecular formula is C42H81N. The van der Waals surface area contributed by atoms with E-state index in [0.717, 1.165) is 6.42 Å². The van der Waals surface area contributed by atoms with Gasteiger partial charge in [-0.15, -0.1) is 0 Å². The van der Waals surface area contributed by atoms with Crippen molar-refractivity contribution in [3.63, 3.8) is 0 Å². The molecule has 0 aromatic rings. The van der Waals surface area contributed by atoms with Gasteiger partial charge in [-0.1, -0.05) is 244 Å². The minimum absolute atomic E-state index is 0.0970. The summed E-state index contributed by atoms with van der Waals surface area (Å²) >= 11 is 0. The Morgan fingerprint density at radius 3 is 1.05 bits per heavy atom. The van der Waals surface area contributed by atoms with Gasteiger partial charge in [0.15, 0.2) is 0 Å². The van der Waals surface area contributed by atoms with E-state index in [1.54, 1.807) is 0 Å². The van der Waals surface area contributed by atoms with Crippen LogP contribution in [0.5, 0.6) is 0 Å². The number of hydrogen-bond donors (Lipinski definition) is 1. The van der Waals surface area contributed by atoms with Crippen molar-refractivity contribution in [3.05, 3.63) is 24.3 Å².